The van der Waals surface area contributed by atoms with Gasteiger partial charge in [0, 0.05) is 51.4 Å². The van der Waals surface area contributed by atoms with Gasteiger partial charge in [-0.05, 0) is 45.2 Å². The van der Waals surface area contributed by atoms with Crippen LogP contribution in [0.5, 0.6) is 5.75 Å². The molecule has 6 nitrogen and oxygen atoms in total. The van der Waals surface area contributed by atoms with E-state index >= 15 is 0 Å². The van der Waals surface area contributed by atoms with Gasteiger partial charge >= 0.3 is 0 Å². The van der Waals surface area contributed by atoms with Crippen molar-refractivity contribution in [1.29, 1.82) is 0 Å². The van der Waals surface area contributed by atoms with Crippen molar-refractivity contribution in [3.05, 3.63) is 65.2 Å². The number of nitrogens with zero attached hydrogens (tertiary/aromatic N) is 3. The van der Waals surface area contributed by atoms with Crippen LogP contribution in [-0.2, 0) is 4.74 Å². The van der Waals surface area contributed by atoms with Gasteiger partial charge in [-0.3, -0.25) is 9.69 Å². The number of hydrogen-bond acceptors (Lipinski definition) is 5. The molecule has 1 amide bonds. The molecule has 4 rings (SSSR count). The van der Waals surface area contributed by atoms with E-state index in [0.29, 0.717) is 0 Å². The minimum Gasteiger partial charge on any atom is -0.492 e. The van der Waals surface area contributed by atoms with Crippen LogP contribution in [0.2, 0.25) is 0 Å². The van der Waals surface area contributed by atoms with Crippen LogP contribution in [0.25, 0.3) is 0 Å². The van der Waals surface area contributed by atoms with E-state index in [2.05, 4.69) is 35.9 Å². The van der Waals surface area contributed by atoms with E-state index in [4.69, 9.17) is 9.47 Å². The SMILES string of the molecule is C.C.Cc1ccc(C(=O)N2CCN(C)CC2)cc1.Cc1ccc(OCCN2CCOCC2)cc1. The van der Waals surface area contributed by atoms with Gasteiger partial charge in [-0.2, -0.15) is 0 Å². The second kappa shape index (κ2) is 15.5. The molecule has 0 unspecified atom stereocenters. The molecule has 2 aromatic carbocycles. The summed E-state index contributed by atoms with van der Waals surface area (Å²) >= 11 is 0. The van der Waals surface area contributed by atoms with E-state index in [0.717, 1.165) is 76.9 Å². The Kier molecular flexibility index (Phi) is 13.5. The van der Waals surface area contributed by atoms with Crippen molar-refractivity contribution >= 4 is 5.91 Å². The molecule has 0 spiro atoms. The first kappa shape index (κ1) is 29.6. The molecule has 6 heteroatoms. The molecule has 0 saturated carbocycles. The van der Waals surface area contributed by atoms with Crippen molar-refractivity contribution in [2.45, 2.75) is 28.7 Å². The number of likely N-dealkylation sites (N-methyl/N-ethyl adjacent to an activating group) is 1. The van der Waals surface area contributed by atoms with E-state index in [-0.39, 0.29) is 20.8 Å². The predicted molar refractivity (Wildman–Crippen MR) is 142 cm³/mol. The second-order valence-electron chi connectivity index (χ2n) is 8.58. The molecule has 0 atom stereocenters. The monoisotopic (exact) mass is 471 g/mol. The molecule has 2 heterocycles. The molecule has 2 fully saturated rings. The average Bonchev–Trinajstić information content (AvgIpc) is 2.82. The number of amides is 1. The number of hydrogen-bond donors (Lipinski definition) is 0. The number of aryl methyl sites for hydroxylation is 2. The molecule has 34 heavy (non-hydrogen) atoms. The van der Waals surface area contributed by atoms with Crippen LogP contribution in [0.3, 0.4) is 0 Å². The van der Waals surface area contributed by atoms with Crippen LogP contribution in [0.15, 0.2) is 48.5 Å². The maximum Gasteiger partial charge on any atom is 0.253 e. The fourth-order valence-corrected chi connectivity index (χ4v) is 3.64. The molecule has 0 aliphatic carbocycles. The van der Waals surface area contributed by atoms with Crippen LogP contribution in [0.1, 0.15) is 36.3 Å². The highest BCUT2D eigenvalue weighted by atomic mass is 16.5. The Morgan fingerprint density at radius 3 is 1.91 bits per heavy atom. The van der Waals surface area contributed by atoms with Gasteiger partial charge in [0.1, 0.15) is 12.4 Å². The van der Waals surface area contributed by atoms with E-state index in [1.54, 1.807) is 0 Å². The predicted octanol–water partition coefficient (Wildman–Crippen LogP) is 4.36. The maximum atomic E-state index is 12.1. The topological polar surface area (TPSA) is 45.2 Å². The van der Waals surface area contributed by atoms with Gasteiger partial charge in [-0.1, -0.05) is 50.2 Å². The van der Waals surface area contributed by atoms with Gasteiger partial charge in [0.05, 0.1) is 13.2 Å². The Morgan fingerprint density at radius 1 is 0.824 bits per heavy atom. The third-order valence-corrected chi connectivity index (χ3v) is 5.89. The van der Waals surface area contributed by atoms with E-state index in [9.17, 15) is 4.79 Å². The molecule has 0 bridgehead atoms. The largest absolute Gasteiger partial charge is 0.492 e. The summed E-state index contributed by atoms with van der Waals surface area (Å²) in [4.78, 5) is 18.7. The molecule has 0 radical (unpaired) electrons. The highest BCUT2D eigenvalue weighted by molar-refractivity contribution is 5.94. The first-order valence-corrected chi connectivity index (χ1v) is 11.6. The van der Waals surface area contributed by atoms with Crippen LogP contribution in [0, 0.1) is 13.8 Å². The van der Waals surface area contributed by atoms with Crippen LogP contribution >= 0.6 is 0 Å². The van der Waals surface area contributed by atoms with Crippen LogP contribution in [-0.4, -0.2) is 93.3 Å². The maximum absolute atomic E-state index is 12.1. The van der Waals surface area contributed by atoms with Gasteiger partial charge in [0.2, 0.25) is 0 Å². The van der Waals surface area contributed by atoms with Gasteiger partial charge < -0.3 is 19.3 Å². The van der Waals surface area contributed by atoms with Crippen molar-refractivity contribution in [2.75, 3.05) is 72.7 Å². The molecular formula is C28H45N3O3. The molecule has 2 aromatic rings. The number of carbonyl (C=O) groups excluding carboxylic acids is 1. The molecule has 0 N–H and O–H groups in total. The molecule has 2 aliphatic heterocycles. The summed E-state index contributed by atoms with van der Waals surface area (Å²) in [5, 5.41) is 0. The highest BCUT2D eigenvalue weighted by Gasteiger charge is 2.19. The second-order valence-corrected chi connectivity index (χ2v) is 8.58. The van der Waals surface area contributed by atoms with Crippen molar-refractivity contribution in [3.63, 3.8) is 0 Å². The lowest BCUT2D eigenvalue weighted by Crippen LogP contribution is -2.47. The Morgan fingerprint density at radius 2 is 1.35 bits per heavy atom. The summed E-state index contributed by atoms with van der Waals surface area (Å²) in [6, 6.07) is 16.0. The smallest absolute Gasteiger partial charge is 0.253 e. The third kappa shape index (κ3) is 9.84. The Balaban J connectivity index is 0.000000321. The van der Waals surface area contributed by atoms with Crippen molar-refractivity contribution < 1.29 is 14.3 Å². The zero-order valence-electron chi connectivity index (χ0n) is 19.8. The number of rotatable bonds is 5. The summed E-state index contributed by atoms with van der Waals surface area (Å²) in [5.41, 5.74) is 3.26. The first-order chi connectivity index (χ1) is 15.5. The zero-order valence-corrected chi connectivity index (χ0v) is 19.8. The lowest BCUT2D eigenvalue weighted by atomic mass is 10.1. The van der Waals surface area contributed by atoms with Gasteiger partial charge in [-0.15, -0.1) is 0 Å². The summed E-state index contributed by atoms with van der Waals surface area (Å²) in [5.74, 6) is 1.12. The average molecular weight is 472 g/mol. The van der Waals surface area contributed by atoms with Crippen molar-refractivity contribution in [3.8, 4) is 5.75 Å². The zero-order chi connectivity index (χ0) is 22.8. The van der Waals surface area contributed by atoms with Crippen LogP contribution in [0.4, 0.5) is 0 Å². The summed E-state index contributed by atoms with van der Waals surface area (Å²) in [6.45, 7) is 13.2. The lowest BCUT2D eigenvalue weighted by Gasteiger charge is -2.32. The fourth-order valence-electron chi connectivity index (χ4n) is 3.64. The summed E-state index contributed by atoms with van der Waals surface area (Å²) in [6.07, 6.45) is 0. The minimum atomic E-state index is 0. The summed E-state index contributed by atoms with van der Waals surface area (Å²) < 4.78 is 11.0. The number of carbonyl (C=O) groups is 1. The summed E-state index contributed by atoms with van der Waals surface area (Å²) in [7, 11) is 2.09. The third-order valence-electron chi connectivity index (χ3n) is 5.89. The molecule has 2 aliphatic rings. The fraction of sp³-hybridized carbons (Fsp3) is 0.536. The van der Waals surface area contributed by atoms with Gasteiger partial charge in [0.15, 0.2) is 0 Å². The Labute approximate surface area is 207 Å². The molecule has 190 valence electrons. The quantitative estimate of drug-likeness (QED) is 0.648. The normalized spacial score (nSPS) is 16.4. The van der Waals surface area contributed by atoms with E-state index in [1.165, 1.54) is 11.1 Å². The highest BCUT2D eigenvalue weighted by Crippen LogP contribution is 2.11. The van der Waals surface area contributed by atoms with E-state index < -0.39 is 0 Å². The Hall–Kier alpha value is -2.41. The lowest BCUT2D eigenvalue weighted by molar-refractivity contribution is 0.0322. The Bertz CT molecular complexity index is 810. The van der Waals surface area contributed by atoms with Gasteiger partial charge in [0.25, 0.3) is 5.91 Å². The van der Waals surface area contributed by atoms with Crippen molar-refractivity contribution in [2.24, 2.45) is 0 Å². The first-order valence-electron chi connectivity index (χ1n) is 11.6. The molecule has 0 aromatic heterocycles. The van der Waals surface area contributed by atoms with Crippen molar-refractivity contribution in [1.82, 2.24) is 14.7 Å². The van der Waals surface area contributed by atoms with Crippen LogP contribution < -0.4 is 4.74 Å². The number of morpholine rings is 1. The molecular weight excluding hydrogens is 426 g/mol. The molecule has 2 saturated heterocycles. The number of ether oxygens (including phenoxy) is 2. The number of benzene rings is 2. The van der Waals surface area contributed by atoms with E-state index in [1.807, 2.05) is 48.2 Å². The standard InChI is InChI=1S/C13H18N2O.C13H19NO2.2CH4/c1-11-3-5-12(6-4-11)13(16)15-9-7-14(2)8-10-15;1-12-2-4-13(5-3-12)16-11-8-14-6-9-15-10-7-14;;/h3-6H,7-10H2,1-2H3;2-5H,6-11H2,1H3;2*1H4. The minimum absolute atomic E-state index is 0. The van der Waals surface area contributed by atoms with Gasteiger partial charge in [-0.25, -0.2) is 0 Å². The number of piperazine rings is 1.